The summed E-state index contributed by atoms with van der Waals surface area (Å²) in [6.07, 6.45) is -0.211. The fourth-order valence-corrected chi connectivity index (χ4v) is 3.19. The first-order valence-electron chi connectivity index (χ1n) is 9.66. The molecule has 1 heterocycles. The molecule has 30 heavy (non-hydrogen) atoms. The van der Waals surface area contributed by atoms with Gasteiger partial charge in [-0.05, 0) is 30.2 Å². The Balaban J connectivity index is 1.52. The van der Waals surface area contributed by atoms with E-state index in [1.165, 1.54) is 7.11 Å². The van der Waals surface area contributed by atoms with Crippen molar-refractivity contribution in [1.82, 2.24) is 10.2 Å². The number of hydrogen-bond acceptors (Lipinski definition) is 5. The normalized spacial score (nSPS) is 15.9. The molecule has 0 radical (unpaired) electrons. The zero-order valence-electron chi connectivity index (χ0n) is 17.0. The second-order valence-electron chi connectivity index (χ2n) is 6.95. The number of hydrogen-bond donors (Lipinski definition) is 2. The van der Waals surface area contributed by atoms with Crippen LogP contribution in [0.2, 0.25) is 0 Å². The van der Waals surface area contributed by atoms with Crippen molar-refractivity contribution in [3.63, 3.8) is 0 Å². The van der Waals surface area contributed by atoms with E-state index in [9.17, 15) is 14.4 Å². The highest BCUT2D eigenvalue weighted by Gasteiger charge is 2.26. The molecule has 0 aromatic heterocycles. The highest BCUT2D eigenvalue weighted by Crippen LogP contribution is 2.25. The molecule has 0 bridgehead atoms. The smallest absolute Gasteiger partial charge is 0.313 e. The van der Waals surface area contributed by atoms with E-state index in [-0.39, 0.29) is 18.6 Å². The van der Waals surface area contributed by atoms with Crippen molar-refractivity contribution in [1.29, 1.82) is 0 Å². The topological polar surface area (TPSA) is 97.0 Å². The zero-order chi connectivity index (χ0) is 21.5. The van der Waals surface area contributed by atoms with Gasteiger partial charge in [-0.3, -0.25) is 14.4 Å². The molecule has 8 nitrogen and oxygen atoms in total. The summed E-state index contributed by atoms with van der Waals surface area (Å²) >= 11 is 0. The van der Waals surface area contributed by atoms with Gasteiger partial charge in [0.1, 0.15) is 11.9 Å². The van der Waals surface area contributed by atoms with Crippen molar-refractivity contribution in [3.05, 3.63) is 59.7 Å². The number of morpholine rings is 1. The molecule has 8 heteroatoms. The molecule has 1 aliphatic rings. The van der Waals surface area contributed by atoms with Crippen LogP contribution < -0.4 is 15.4 Å². The number of methoxy groups -OCH3 is 1. The van der Waals surface area contributed by atoms with Gasteiger partial charge in [0.25, 0.3) is 0 Å². The van der Waals surface area contributed by atoms with Crippen molar-refractivity contribution < 1.29 is 23.9 Å². The monoisotopic (exact) mass is 411 g/mol. The minimum atomic E-state index is -0.889. The summed E-state index contributed by atoms with van der Waals surface area (Å²) in [6.45, 7) is 2.83. The number of ether oxygens (including phenoxy) is 2. The Hall–Kier alpha value is -3.39. The number of benzene rings is 2. The van der Waals surface area contributed by atoms with Crippen LogP contribution in [0.3, 0.4) is 0 Å². The standard InChI is InChI=1S/C22H25N3O5/c1-15-8-9-18(29-2)17(12-15)24-22(28)21(27)23-13-20(26)25-10-11-30-19(14-25)16-6-4-3-5-7-16/h3-9,12,19H,10-11,13-14H2,1-2H3,(H,23,27)(H,24,28)/t19-/m0/s1. The van der Waals surface area contributed by atoms with Crippen LogP contribution in [0.25, 0.3) is 0 Å². The van der Waals surface area contributed by atoms with E-state index in [0.29, 0.717) is 31.1 Å². The number of aryl methyl sites for hydroxylation is 1. The average Bonchev–Trinajstić information content (AvgIpc) is 2.78. The molecule has 2 N–H and O–H groups in total. The molecule has 0 saturated carbocycles. The molecule has 0 unspecified atom stereocenters. The van der Waals surface area contributed by atoms with Gasteiger partial charge in [0, 0.05) is 6.54 Å². The van der Waals surface area contributed by atoms with Crippen LogP contribution >= 0.6 is 0 Å². The van der Waals surface area contributed by atoms with Crippen molar-refractivity contribution >= 4 is 23.4 Å². The number of nitrogens with zero attached hydrogens (tertiary/aromatic N) is 1. The van der Waals surface area contributed by atoms with E-state index >= 15 is 0 Å². The molecule has 1 atom stereocenters. The molecule has 1 aliphatic heterocycles. The van der Waals surface area contributed by atoms with E-state index in [0.717, 1.165) is 11.1 Å². The molecule has 2 aromatic rings. The molecule has 158 valence electrons. The first kappa shape index (κ1) is 21.3. The quantitative estimate of drug-likeness (QED) is 0.730. The first-order chi connectivity index (χ1) is 14.5. The molecule has 2 aromatic carbocycles. The van der Waals surface area contributed by atoms with E-state index in [4.69, 9.17) is 9.47 Å². The molecule has 3 rings (SSSR count). The Kier molecular flexibility index (Phi) is 7.03. The summed E-state index contributed by atoms with van der Waals surface area (Å²) in [7, 11) is 1.48. The Bertz CT molecular complexity index is 916. The summed E-state index contributed by atoms with van der Waals surface area (Å²) in [5, 5.41) is 4.90. The summed E-state index contributed by atoms with van der Waals surface area (Å²) < 4.78 is 10.9. The number of nitrogens with one attached hydrogen (secondary N) is 2. The fourth-order valence-electron chi connectivity index (χ4n) is 3.19. The molecule has 3 amide bonds. The lowest BCUT2D eigenvalue weighted by atomic mass is 10.1. The van der Waals surface area contributed by atoms with Gasteiger partial charge < -0.3 is 25.0 Å². The van der Waals surface area contributed by atoms with Crippen molar-refractivity contribution in [3.8, 4) is 5.75 Å². The highest BCUT2D eigenvalue weighted by atomic mass is 16.5. The maximum Gasteiger partial charge on any atom is 0.313 e. The molecular weight excluding hydrogens is 386 g/mol. The maximum absolute atomic E-state index is 12.5. The molecular formula is C22H25N3O5. The summed E-state index contributed by atoms with van der Waals surface area (Å²) in [5.74, 6) is -1.58. The minimum Gasteiger partial charge on any atom is -0.495 e. The van der Waals surface area contributed by atoms with Crippen LogP contribution in [-0.2, 0) is 19.1 Å². The van der Waals surface area contributed by atoms with Crippen LogP contribution in [0, 0.1) is 6.92 Å². The largest absolute Gasteiger partial charge is 0.495 e. The lowest BCUT2D eigenvalue weighted by Gasteiger charge is -2.33. The number of carbonyl (C=O) groups is 3. The minimum absolute atomic E-state index is 0.211. The lowest BCUT2D eigenvalue weighted by Crippen LogP contribution is -2.48. The second-order valence-corrected chi connectivity index (χ2v) is 6.95. The lowest BCUT2D eigenvalue weighted by molar-refractivity contribution is -0.141. The number of carbonyl (C=O) groups excluding carboxylic acids is 3. The van der Waals surface area contributed by atoms with Gasteiger partial charge >= 0.3 is 11.8 Å². The van der Waals surface area contributed by atoms with Crippen molar-refractivity contribution in [2.75, 3.05) is 38.7 Å². The Labute approximate surface area is 175 Å². The second kappa shape index (κ2) is 9.89. The van der Waals surface area contributed by atoms with Crippen LogP contribution in [0.1, 0.15) is 17.2 Å². The van der Waals surface area contributed by atoms with E-state index in [1.807, 2.05) is 43.3 Å². The molecule has 0 aliphatic carbocycles. The Morgan fingerprint density at radius 1 is 1.13 bits per heavy atom. The van der Waals surface area contributed by atoms with Crippen molar-refractivity contribution in [2.24, 2.45) is 0 Å². The summed E-state index contributed by atoms with van der Waals surface area (Å²) in [4.78, 5) is 38.5. The van der Waals surface area contributed by atoms with Gasteiger partial charge in [-0.1, -0.05) is 36.4 Å². The zero-order valence-corrected chi connectivity index (χ0v) is 17.0. The number of amides is 3. The van der Waals surface area contributed by atoms with Crippen LogP contribution in [0.4, 0.5) is 5.69 Å². The maximum atomic E-state index is 12.5. The van der Waals surface area contributed by atoms with Gasteiger partial charge in [-0.2, -0.15) is 0 Å². The SMILES string of the molecule is COc1ccc(C)cc1NC(=O)C(=O)NCC(=O)N1CCO[C@H](c2ccccc2)C1. The van der Waals surface area contributed by atoms with E-state index in [2.05, 4.69) is 10.6 Å². The predicted octanol–water partition coefficient (Wildman–Crippen LogP) is 1.66. The summed E-state index contributed by atoms with van der Waals surface area (Å²) in [6, 6.07) is 14.9. The van der Waals surface area contributed by atoms with E-state index in [1.54, 1.807) is 17.0 Å². The third-order valence-corrected chi connectivity index (χ3v) is 4.80. The predicted molar refractivity (Wildman–Crippen MR) is 111 cm³/mol. The number of rotatable bonds is 5. The first-order valence-corrected chi connectivity index (χ1v) is 9.66. The number of anilines is 1. The van der Waals surface area contributed by atoms with Gasteiger partial charge in [-0.15, -0.1) is 0 Å². The molecule has 1 saturated heterocycles. The summed E-state index contributed by atoms with van der Waals surface area (Å²) in [5.41, 5.74) is 2.29. The Morgan fingerprint density at radius 2 is 1.90 bits per heavy atom. The van der Waals surface area contributed by atoms with Gasteiger partial charge in [0.15, 0.2) is 0 Å². The van der Waals surface area contributed by atoms with Gasteiger partial charge in [0.05, 0.1) is 32.5 Å². The van der Waals surface area contributed by atoms with Gasteiger partial charge in [-0.25, -0.2) is 0 Å². The average molecular weight is 411 g/mol. The third kappa shape index (κ3) is 5.36. The third-order valence-electron chi connectivity index (χ3n) is 4.80. The van der Waals surface area contributed by atoms with Crippen LogP contribution in [0.15, 0.2) is 48.5 Å². The van der Waals surface area contributed by atoms with E-state index < -0.39 is 11.8 Å². The Morgan fingerprint density at radius 3 is 2.63 bits per heavy atom. The highest BCUT2D eigenvalue weighted by molar-refractivity contribution is 6.40. The van der Waals surface area contributed by atoms with Crippen LogP contribution in [-0.4, -0.2) is 56.0 Å². The van der Waals surface area contributed by atoms with Crippen LogP contribution in [0.5, 0.6) is 5.75 Å². The van der Waals surface area contributed by atoms with Crippen molar-refractivity contribution in [2.45, 2.75) is 13.0 Å². The fraction of sp³-hybridized carbons (Fsp3) is 0.318. The van der Waals surface area contributed by atoms with Gasteiger partial charge in [0.2, 0.25) is 5.91 Å². The molecule has 1 fully saturated rings. The molecule has 0 spiro atoms.